The van der Waals surface area contributed by atoms with Gasteiger partial charge in [-0.3, -0.25) is 4.98 Å². The van der Waals surface area contributed by atoms with Crippen LogP contribution >= 0.6 is 0 Å². The maximum Gasteiger partial charge on any atom is 0.138 e. The zero-order valence-corrected chi connectivity index (χ0v) is 14.9. The molecule has 1 unspecified atom stereocenters. The van der Waals surface area contributed by atoms with Gasteiger partial charge in [0.2, 0.25) is 0 Å². The summed E-state index contributed by atoms with van der Waals surface area (Å²) >= 11 is 0. The van der Waals surface area contributed by atoms with Gasteiger partial charge in [-0.15, -0.1) is 0 Å². The second kappa shape index (κ2) is 5.83. The van der Waals surface area contributed by atoms with Gasteiger partial charge >= 0.3 is 0 Å². The zero-order chi connectivity index (χ0) is 17.7. The number of H-pyrrole nitrogens is 1. The number of piperidine rings is 1. The van der Waals surface area contributed by atoms with Crippen LogP contribution in [0.4, 0.5) is 0 Å². The van der Waals surface area contributed by atoms with E-state index in [1.165, 1.54) is 5.39 Å². The number of benzene rings is 1. The number of quaternary nitrogens is 1. The van der Waals surface area contributed by atoms with Crippen molar-refractivity contribution < 1.29 is 9.38 Å². The molecule has 0 amide bonds. The van der Waals surface area contributed by atoms with Gasteiger partial charge in [-0.05, 0) is 30.3 Å². The lowest BCUT2D eigenvalue weighted by atomic mass is 10.00. The van der Waals surface area contributed by atoms with Crippen LogP contribution in [0.2, 0.25) is 0 Å². The minimum atomic E-state index is -0.0708. The fourth-order valence-corrected chi connectivity index (χ4v) is 4.68. The Morgan fingerprint density at radius 2 is 1.92 bits per heavy atom. The van der Waals surface area contributed by atoms with E-state index in [0.29, 0.717) is 0 Å². The number of aromatic amines is 1. The Morgan fingerprint density at radius 3 is 2.65 bits per heavy atom. The lowest BCUT2D eigenvalue weighted by molar-refractivity contribution is -0.903. The van der Waals surface area contributed by atoms with Crippen molar-refractivity contribution in [3.05, 3.63) is 54.0 Å². The highest BCUT2D eigenvalue weighted by atomic mass is 16.6. The molecule has 4 heterocycles. The monoisotopic (exact) mass is 349 g/mol. The molecule has 1 aromatic carbocycles. The van der Waals surface area contributed by atoms with E-state index in [2.05, 4.69) is 34.2 Å². The van der Waals surface area contributed by atoms with Gasteiger partial charge in [-0.1, -0.05) is 6.07 Å². The molecule has 2 fully saturated rings. The molecule has 5 rings (SSSR count). The number of nitrogens with one attached hydrogen (secondary N) is 1. The first-order chi connectivity index (χ1) is 12.6. The Hall–Kier alpha value is -2.37. The molecule has 5 heteroatoms. The molecule has 3 aromatic rings. The number of hydroxylamine groups is 3. The summed E-state index contributed by atoms with van der Waals surface area (Å²) in [5.74, 6) is 0.794. The van der Waals surface area contributed by atoms with E-state index in [1.807, 2.05) is 25.4 Å². The molecule has 134 valence electrons. The first-order valence-corrected chi connectivity index (χ1v) is 9.37. The van der Waals surface area contributed by atoms with Crippen LogP contribution in [0.15, 0.2) is 48.8 Å². The minimum absolute atomic E-state index is 0.0708. The highest BCUT2D eigenvalue weighted by molar-refractivity contribution is 5.84. The van der Waals surface area contributed by atoms with Crippen molar-refractivity contribution >= 4 is 10.9 Å². The highest BCUT2D eigenvalue weighted by Crippen LogP contribution is 2.41. The number of ether oxygens (including phenoxy) is 1. The Kier molecular flexibility index (Phi) is 3.55. The van der Waals surface area contributed by atoms with Crippen LogP contribution < -0.4 is 4.74 Å². The molecule has 2 aliphatic rings. The van der Waals surface area contributed by atoms with E-state index in [1.54, 1.807) is 6.20 Å². The average molecular weight is 349 g/mol. The molecule has 2 bridgehead atoms. The van der Waals surface area contributed by atoms with Gasteiger partial charge in [-0.25, -0.2) is 0 Å². The van der Waals surface area contributed by atoms with Crippen LogP contribution in [0.25, 0.3) is 22.2 Å². The SMILES string of the molecule is C[N+]1([O-])[C@@H]2CC[C@H]1C[C@H](Oc1ccc(-c3ccc4[nH]ccc4c3)nc1)C2. The Bertz CT molecular complexity index is 916. The maximum absolute atomic E-state index is 12.6. The molecule has 0 saturated carbocycles. The second-order valence-electron chi connectivity index (χ2n) is 7.81. The first-order valence-electron chi connectivity index (χ1n) is 9.37. The highest BCUT2D eigenvalue weighted by Gasteiger charge is 2.47. The third kappa shape index (κ3) is 2.59. The average Bonchev–Trinajstić information content (AvgIpc) is 3.12. The predicted octanol–water partition coefficient (Wildman–Crippen LogP) is 4.25. The molecular weight excluding hydrogens is 326 g/mol. The van der Waals surface area contributed by atoms with Gasteiger partial charge in [0.15, 0.2) is 0 Å². The second-order valence-corrected chi connectivity index (χ2v) is 7.81. The number of nitrogens with zero attached hydrogens (tertiary/aromatic N) is 2. The van der Waals surface area contributed by atoms with Gasteiger partial charge < -0.3 is 19.6 Å². The molecule has 2 aliphatic heterocycles. The van der Waals surface area contributed by atoms with Crippen molar-refractivity contribution in [2.75, 3.05) is 7.05 Å². The van der Waals surface area contributed by atoms with E-state index >= 15 is 0 Å². The summed E-state index contributed by atoms with van der Waals surface area (Å²) in [5, 5.41) is 13.8. The van der Waals surface area contributed by atoms with Gasteiger partial charge in [0, 0.05) is 48.3 Å². The van der Waals surface area contributed by atoms with Gasteiger partial charge in [-0.2, -0.15) is 0 Å². The molecular formula is C21H23N3O2. The molecule has 0 radical (unpaired) electrons. The summed E-state index contributed by atoms with van der Waals surface area (Å²) in [6.45, 7) is 0. The van der Waals surface area contributed by atoms with Gasteiger partial charge in [0.25, 0.3) is 0 Å². The van der Waals surface area contributed by atoms with E-state index in [4.69, 9.17) is 4.74 Å². The number of hydrogen-bond acceptors (Lipinski definition) is 3. The molecule has 0 spiro atoms. The van der Waals surface area contributed by atoms with Crippen molar-refractivity contribution in [2.45, 2.75) is 43.9 Å². The van der Waals surface area contributed by atoms with Crippen LogP contribution in [0.5, 0.6) is 5.75 Å². The summed E-state index contributed by atoms with van der Waals surface area (Å²) in [5.41, 5.74) is 3.16. The lowest BCUT2D eigenvalue weighted by Crippen LogP contribution is -2.55. The molecule has 4 atom stereocenters. The molecule has 5 nitrogen and oxygen atoms in total. The number of rotatable bonds is 3. The zero-order valence-electron chi connectivity index (χ0n) is 14.9. The predicted molar refractivity (Wildman–Crippen MR) is 102 cm³/mol. The fraction of sp³-hybridized carbons (Fsp3) is 0.381. The summed E-state index contributed by atoms with van der Waals surface area (Å²) in [4.78, 5) is 7.79. The van der Waals surface area contributed by atoms with Crippen LogP contribution in [0.3, 0.4) is 0 Å². The van der Waals surface area contributed by atoms with E-state index in [-0.39, 0.29) is 22.8 Å². The first kappa shape index (κ1) is 15.9. The smallest absolute Gasteiger partial charge is 0.138 e. The third-order valence-electron chi connectivity index (χ3n) is 6.24. The molecule has 2 aromatic heterocycles. The summed E-state index contributed by atoms with van der Waals surface area (Å²) in [6.07, 6.45) is 7.65. The summed E-state index contributed by atoms with van der Waals surface area (Å²) in [7, 11) is 1.83. The summed E-state index contributed by atoms with van der Waals surface area (Å²) in [6, 6.07) is 12.7. The van der Waals surface area contributed by atoms with E-state index in [9.17, 15) is 5.21 Å². The minimum Gasteiger partial charge on any atom is -0.633 e. The van der Waals surface area contributed by atoms with Crippen molar-refractivity contribution in [1.82, 2.24) is 9.97 Å². The number of pyridine rings is 1. The molecule has 2 saturated heterocycles. The third-order valence-corrected chi connectivity index (χ3v) is 6.24. The number of hydrogen-bond donors (Lipinski definition) is 1. The Balaban J connectivity index is 1.31. The van der Waals surface area contributed by atoms with Crippen LogP contribution in [0.1, 0.15) is 25.7 Å². The largest absolute Gasteiger partial charge is 0.633 e. The maximum atomic E-state index is 12.6. The normalized spacial score (nSPS) is 30.6. The van der Waals surface area contributed by atoms with Gasteiger partial charge in [0.05, 0.1) is 31.0 Å². The standard InChI is InChI=1S/C21H23N3O2/c1-24(25)16-3-4-17(24)12-19(11-16)26-18-5-7-21(23-13-18)14-2-6-20-15(10-14)8-9-22-20/h2,5-10,13,16-17,19,22H,3-4,11-12H2,1H3/t16-,17+,19-,24?. The van der Waals surface area contributed by atoms with Crippen molar-refractivity contribution in [3.8, 4) is 17.0 Å². The van der Waals surface area contributed by atoms with Crippen LogP contribution in [-0.2, 0) is 0 Å². The van der Waals surface area contributed by atoms with Crippen LogP contribution in [-0.4, -0.2) is 39.8 Å². The van der Waals surface area contributed by atoms with E-state index < -0.39 is 0 Å². The van der Waals surface area contributed by atoms with Crippen molar-refractivity contribution in [1.29, 1.82) is 0 Å². The topological polar surface area (TPSA) is 61.0 Å². The van der Waals surface area contributed by atoms with Crippen molar-refractivity contribution in [3.63, 3.8) is 0 Å². The molecule has 26 heavy (non-hydrogen) atoms. The fourth-order valence-electron chi connectivity index (χ4n) is 4.68. The number of aromatic nitrogens is 2. The molecule has 0 aliphatic carbocycles. The molecule has 1 N–H and O–H groups in total. The number of fused-ring (bicyclic) bond motifs is 3. The van der Waals surface area contributed by atoms with E-state index in [0.717, 1.165) is 48.2 Å². The summed E-state index contributed by atoms with van der Waals surface area (Å²) < 4.78 is 6.09. The van der Waals surface area contributed by atoms with Crippen molar-refractivity contribution in [2.24, 2.45) is 0 Å². The van der Waals surface area contributed by atoms with Crippen LogP contribution in [0, 0.1) is 5.21 Å². The lowest BCUT2D eigenvalue weighted by Gasteiger charge is -2.50. The Labute approximate surface area is 152 Å². The Morgan fingerprint density at radius 1 is 1.12 bits per heavy atom. The quantitative estimate of drug-likeness (QED) is 0.568. The van der Waals surface area contributed by atoms with Gasteiger partial charge in [0.1, 0.15) is 11.9 Å².